The second-order valence-corrected chi connectivity index (χ2v) is 3.93. The average molecular weight is 152 g/mol. The van der Waals surface area contributed by atoms with Crippen molar-refractivity contribution >= 4 is 6.21 Å². The molecule has 62 valence electrons. The summed E-state index contributed by atoms with van der Waals surface area (Å²) >= 11 is 0. The van der Waals surface area contributed by atoms with Crippen molar-refractivity contribution in [3.8, 4) is 0 Å². The number of hydrogen-bond acceptors (Lipinski definition) is 2. The normalized spacial score (nSPS) is 17.2. The molecule has 0 spiro atoms. The number of nitrogens with one attached hydrogen (secondary N) is 1. The first kappa shape index (κ1) is 8.47. The Morgan fingerprint density at radius 2 is 2.27 bits per heavy atom. The van der Waals surface area contributed by atoms with E-state index in [0.29, 0.717) is 0 Å². The molecule has 1 aliphatic heterocycles. The van der Waals surface area contributed by atoms with Crippen LogP contribution in [0.25, 0.3) is 0 Å². The molecule has 2 nitrogen and oxygen atoms in total. The Bertz CT molecular complexity index is 184. The molecule has 0 aromatic rings. The monoisotopic (exact) mass is 152 g/mol. The number of rotatable bonds is 2. The van der Waals surface area contributed by atoms with Gasteiger partial charge in [-0.05, 0) is 26.3 Å². The first-order valence-corrected chi connectivity index (χ1v) is 4.02. The molecule has 11 heavy (non-hydrogen) atoms. The summed E-state index contributed by atoms with van der Waals surface area (Å²) in [6.45, 7) is 7.47. The van der Waals surface area contributed by atoms with Gasteiger partial charge in [-0.15, -0.1) is 0 Å². The van der Waals surface area contributed by atoms with Crippen molar-refractivity contribution in [1.82, 2.24) is 5.32 Å². The third-order valence-corrected chi connectivity index (χ3v) is 1.56. The zero-order chi connectivity index (χ0) is 8.32. The molecule has 0 radical (unpaired) electrons. The highest BCUT2D eigenvalue weighted by molar-refractivity contribution is 5.65. The smallest absolute Gasteiger partial charge is 0.0272 e. The molecule has 0 saturated heterocycles. The minimum Gasteiger partial charge on any atom is -0.308 e. The number of hydrogen-bond donors (Lipinski definition) is 1. The van der Waals surface area contributed by atoms with Gasteiger partial charge in [0.05, 0.1) is 0 Å². The molecule has 0 aliphatic carbocycles. The Kier molecular flexibility index (Phi) is 2.45. The summed E-state index contributed by atoms with van der Waals surface area (Å²) < 4.78 is 0. The van der Waals surface area contributed by atoms with Gasteiger partial charge < -0.3 is 5.32 Å². The molecule has 1 N–H and O–H groups in total. The van der Waals surface area contributed by atoms with Gasteiger partial charge in [-0.1, -0.05) is 0 Å². The van der Waals surface area contributed by atoms with Crippen LogP contribution in [0.15, 0.2) is 16.8 Å². The van der Waals surface area contributed by atoms with Crippen LogP contribution in [0.3, 0.4) is 0 Å². The van der Waals surface area contributed by atoms with Gasteiger partial charge in [0.25, 0.3) is 0 Å². The van der Waals surface area contributed by atoms with E-state index in [9.17, 15) is 0 Å². The third kappa shape index (κ3) is 3.33. The number of nitrogens with zero attached hydrogens (tertiary/aromatic N) is 1. The highest BCUT2D eigenvalue weighted by Gasteiger charge is 2.09. The van der Waals surface area contributed by atoms with Crippen LogP contribution in [-0.4, -0.2) is 18.3 Å². The molecule has 0 bridgehead atoms. The van der Waals surface area contributed by atoms with Gasteiger partial charge in [0.2, 0.25) is 0 Å². The van der Waals surface area contributed by atoms with E-state index < -0.39 is 0 Å². The molecular weight excluding hydrogens is 136 g/mol. The molecule has 0 amide bonds. The van der Waals surface area contributed by atoms with Crippen molar-refractivity contribution < 1.29 is 0 Å². The fourth-order valence-corrected chi connectivity index (χ4v) is 0.877. The predicted octanol–water partition coefficient (Wildman–Crippen LogP) is 1.73. The topological polar surface area (TPSA) is 24.4 Å². The maximum absolute atomic E-state index is 4.04. The SMILES string of the molecule is CC(C)(C)NCC1=CN=CC1. The summed E-state index contributed by atoms with van der Waals surface area (Å²) in [5, 5.41) is 3.42. The summed E-state index contributed by atoms with van der Waals surface area (Å²) in [6, 6.07) is 0. The van der Waals surface area contributed by atoms with E-state index in [4.69, 9.17) is 0 Å². The van der Waals surface area contributed by atoms with Gasteiger partial charge in [0.15, 0.2) is 0 Å². The predicted molar refractivity (Wildman–Crippen MR) is 48.9 cm³/mol. The Labute approximate surface area is 68.4 Å². The summed E-state index contributed by atoms with van der Waals surface area (Å²) in [7, 11) is 0. The van der Waals surface area contributed by atoms with Crippen molar-refractivity contribution in [3.05, 3.63) is 11.8 Å². The lowest BCUT2D eigenvalue weighted by Crippen LogP contribution is -2.36. The summed E-state index contributed by atoms with van der Waals surface area (Å²) in [5.41, 5.74) is 1.59. The maximum Gasteiger partial charge on any atom is 0.0272 e. The van der Waals surface area contributed by atoms with Crippen LogP contribution in [0, 0.1) is 0 Å². The van der Waals surface area contributed by atoms with Crippen molar-refractivity contribution in [2.24, 2.45) is 4.99 Å². The van der Waals surface area contributed by atoms with E-state index in [1.807, 2.05) is 12.4 Å². The van der Waals surface area contributed by atoms with E-state index in [2.05, 4.69) is 31.1 Å². The largest absolute Gasteiger partial charge is 0.308 e. The standard InChI is InChI=1S/C9H16N2/c1-9(2,3)11-7-8-4-5-10-6-8/h5-6,11H,4,7H2,1-3H3. The molecule has 1 rings (SSSR count). The van der Waals surface area contributed by atoms with E-state index >= 15 is 0 Å². The zero-order valence-electron chi connectivity index (χ0n) is 7.52. The molecule has 0 unspecified atom stereocenters. The molecule has 1 heterocycles. The molecule has 2 heteroatoms. The fourth-order valence-electron chi connectivity index (χ4n) is 0.877. The molecule has 1 aliphatic rings. The fraction of sp³-hybridized carbons (Fsp3) is 0.667. The van der Waals surface area contributed by atoms with Gasteiger partial charge in [-0.3, -0.25) is 4.99 Å². The van der Waals surface area contributed by atoms with Gasteiger partial charge in [0, 0.05) is 30.9 Å². The van der Waals surface area contributed by atoms with Crippen LogP contribution in [0.2, 0.25) is 0 Å². The van der Waals surface area contributed by atoms with Crippen molar-refractivity contribution in [2.45, 2.75) is 32.7 Å². The third-order valence-electron chi connectivity index (χ3n) is 1.56. The summed E-state index contributed by atoms with van der Waals surface area (Å²) in [6.07, 6.45) is 4.90. The highest BCUT2D eigenvalue weighted by atomic mass is 14.9. The van der Waals surface area contributed by atoms with Crippen molar-refractivity contribution in [2.75, 3.05) is 6.54 Å². The highest BCUT2D eigenvalue weighted by Crippen LogP contribution is 2.07. The lowest BCUT2D eigenvalue weighted by molar-refractivity contribution is 0.444. The Hall–Kier alpha value is -0.630. The van der Waals surface area contributed by atoms with Gasteiger partial charge in [-0.25, -0.2) is 0 Å². The van der Waals surface area contributed by atoms with Crippen LogP contribution >= 0.6 is 0 Å². The minimum atomic E-state index is 0.212. The van der Waals surface area contributed by atoms with Crippen LogP contribution in [-0.2, 0) is 0 Å². The first-order valence-electron chi connectivity index (χ1n) is 4.02. The number of aliphatic imine (C=N–C) groups is 1. The molecule has 0 fully saturated rings. The van der Waals surface area contributed by atoms with E-state index in [1.165, 1.54) is 5.57 Å². The lowest BCUT2D eigenvalue weighted by atomic mass is 10.1. The zero-order valence-corrected chi connectivity index (χ0v) is 7.52. The van der Waals surface area contributed by atoms with Gasteiger partial charge >= 0.3 is 0 Å². The van der Waals surface area contributed by atoms with Gasteiger partial charge in [-0.2, -0.15) is 0 Å². The second-order valence-electron chi connectivity index (χ2n) is 3.93. The quantitative estimate of drug-likeness (QED) is 0.640. The molecular formula is C9H16N2. The molecule has 0 atom stereocenters. The van der Waals surface area contributed by atoms with E-state index in [1.54, 1.807) is 0 Å². The summed E-state index contributed by atoms with van der Waals surface area (Å²) in [4.78, 5) is 4.04. The maximum atomic E-state index is 4.04. The lowest BCUT2D eigenvalue weighted by Gasteiger charge is -2.20. The van der Waals surface area contributed by atoms with Crippen LogP contribution < -0.4 is 5.32 Å². The molecule has 0 aromatic carbocycles. The van der Waals surface area contributed by atoms with Crippen molar-refractivity contribution in [1.29, 1.82) is 0 Å². The second kappa shape index (κ2) is 3.18. The van der Waals surface area contributed by atoms with E-state index in [0.717, 1.165) is 13.0 Å². The Morgan fingerprint density at radius 1 is 1.55 bits per heavy atom. The van der Waals surface area contributed by atoms with Crippen LogP contribution in [0.1, 0.15) is 27.2 Å². The van der Waals surface area contributed by atoms with Crippen molar-refractivity contribution in [3.63, 3.8) is 0 Å². The van der Waals surface area contributed by atoms with Crippen LogP contribution in [0.5, 0.6) is 0 Å². The molecule has 0 aromatic heterocycles. The van der Waals surface area contributed by atoms with E-state index in [-0.39, 0.29) is 5.54 Å². The Morgan fingerprint density at radius 3 is 2.73 bits per heavy atom. The average Bonchev–Trinajstić information content (AvgIpc) is 2.32. The minimum absolute atomic E-state index is 0.212. The summed E-state index contributed by atoms with van der Waals surface area (Å²) in [5.74, 6) is 0. The Balaban J connectivity index is 2.23. The van der Waals surface area contributed by atoms with Crippen LogP contribution in [0.4, 0.5) is 0 Å². The first-order chi connectivity index (χ1) is 5.08. The van der Waals surface area contributed by atoms with Gasteiger partial charge in [0.1, 0.15) is 0 Å². The molecule has 0 saturated carbocycles.